The number of nitrogens with one attached hydrogen (secondary N) is 2. The standard InChI is InChI=1S/C30H37N5O2/c1-23-9-10-27(31-26-7-4-8-28(20-26)35-15-17-37-18-16-35)21-29(23)32-30(36)25-6-3-5-24(19-25)22-34-13-11-33(2)12-14-34/h3-10,19-21,31H,11-18,22H2,1-2H3,(H,32,36). The molecule has 0 unspecified atom stereocenters. The number of morpholine rings is 1. The minimum Gasteiger partial charge on any atom is -0.378 e. The van der Waals surface area contributed by atoms with Crippen LogP contribution in [0.5, 0.6) is 0 Å². The van der Waals surface area contributed by atoms with Crippen LogP contribution < -0.4 is 15.5 Å². The monoisotopic (exact) mass is 499 g/mol. The Labute approximate surface area is 220 Å². The average molecular weight is 500 g/mol. The Hall–Kier alpha value is -3.39. The third kappa shape index (κ3) is 6.68. The van der Waals surface area contributed by atoms with Crippen molar-refractivity contribution < 1.29 is 9.53 Å². The first kappa shape index (κ1) is 25.3. The van der Waals surface area contributed by atoms with E-state index in [4.69, 9.17) is 4.74 Å². The third-order valence-corrected chi connectivity index (χ3v) is 7.19. The van der Waals surface area contributed by atoms with Crippen LogP contribution in [0.3, 0.4) is 0 Å². The number of piperazine rings is 1. The van der Waals surface area contributed by atoms with Crippen molar-refractivity contribution in [2.24, 2.45) is 0 Å². The summed E-state index contributed by atoms with van der Waals surface area (Å²) in [4.78, 5) is 20.3. The number of aryl methyl sites for hydroxylation is 1. The van der Waals surface area contributed by atoms with Crippen LogP contribution in [0.1, 0.15) is 21.5 Å². The lowest BCUT2D eigenvalue weighted by Crippen LogP contribution is -2.43. The van der Waals surface area contributed by atoms with E-state index in [2.05, 4.69) is 62.7 Å². The normalized spacial score (nSPS) is 17.0. The number of benzene rings is 3. The molecule has 0 aliphatic carbocycles. The SMILES string of the molecule is Cc1ccc(Nc2cccc(N3CCOCC3)c2)cc1NC(=O)c1cccc(CN2CCN(C)CC2)c1. The van der Waals surface area contributed by atoms with Gasteiger partial charge in [0.05, 0.1) is 13.2 Å². The molecule has 2 N–H and O–H groups in total. The van der Waals surface area contributed by atoms with E-state index in [-0.39, 0.29) is 5.91 Å². The van der Waals surface area contributed by atoms with Gasteiger partial charge in [-0.25, -0.2) is 0 Å². The third-order valence-electron chi connectivity index (χ3n) is 7.19. The summed E-state index contributed by atoms with van der Waals surface area (Å²) in [6, 6.07) is 22.5. The summed E-state index contributed by atoms with van der Waals surface area (Å²) in [5.41, 5.74) is 6.82. The Kier molecular flexibility index (Phi) is 8.04. The molecule has 2 fully saturated rings. The maximum absolute atomic E-state index is 13.2. The summed E-state index contributed by atoms with van der Waals surface area (Å²) in [7, 11) is 2.16. The molecule has 0 bridgehead atoms. The van der Waals surface area contributed by atoms with E-state index in [9.17, 15) is 4.79 Å². The molecule has 7 nitrogen and oxygen atoms in total. The van der Waals surface area contributed by atoms with Crippen molar-refractivity contribution in [3.8, 4) is 0 Å². The molecule has 5 rings (SSSR count). The summed E-state index contributed by atoms with van der Waals surface area (Å²) >= 11 is 0. The smallest absolute Gasteiger partial charge is 0.255 e. The Morgan fingerprint density at radius 1 is 0.865 bits per heavy atom. The maximum atomic E-state index is 13.2. The van der Waals surface area contributed by atoms with Crippen molar-refractivity contribution in [1.82, 2.24) is 9.80 Å². The maximum Gasteiger partial charge on any atom is 0.255 e. The summed E-state index contributed by atoms with van der Waals surface area (Å²) in [5.74, 6) is -0.0882. The average Bonchev–Trinajstić information content (AvgIpc) is 2.93. The second-order valence-corrected chi connectivity index (χ2v) is 10.0. The van der Waals surface area contributed by atoms with Crippen molar-refractivity contribution in [1.29, 1.82) is 0 Å². The first-order chi connectivity index (χ1) is 18.0. The molecule has 7 heteroatoms. The van der Waals surface area contributed by atoms with Gasteiger partial charge in [-0.1, -0.05) is 24.3 Å². The van der Waals surface area contributed by atoms with Gasteiger partial charge in [-0.2, -0.15) is 0 Å². The molecular weight excluding hydrogens is 462 g/mol. The zero-order valence-electron chi connectivity index (χ0n) is 21.9. The number of likely N-dealkylation sites (N-methyl/N-ethyl adjacent to an activating group) is 1. The van der Waals surface area contributed by atoms with Gasteiger partial charge in [0, 0.05) is 74.1 Å². The number of anilines is 4. The molecule has 3 aromatic rings. The van der Waals surface area contributed by atoms with E-state index in [1.807, 2.05) is 43.3 Å². The summed E-state index contributed by atoms with van der Waals surface area (Å²) < 4.78 is 5.48. The molecule has 1 amide bonds. The van der Waals surface area contributed by atoms with Gasteiger partial charge < -0.3 is 25.2 Å². The number of rotatable bonds is 7. The van der Waals surface area contributed by atoms with Crippen LogP contribution in [-0.4, -0.2) is 75.2 Å². The van der Waals surface area contributed by atoms with Crippen LogP contribution in [0.4, 0.5) is 22.7 Å². The van der Waals surface area contributed by atoms with E-state index < -0.39 is 0 Å². The molecule has 2 aliphatic heterocycles. The second kappa shape index (κ2) is 11.8. The van der Waals surface area contributed by atoms with Crippen LogP contribution >= 0.6 is 0 Å². The van der Waals surface area contributed by atoms with E-state index >= 15 is 0 Å². The minimum atomic E-state index is -0.0882. The minimum absolute atomic E-state index is 0.0882. The van der Waals surface area contributed by atoms with Crippen molar-refractivity contribution >= 4 is 28.7 Å². The van der Waals surface area contributed by atoms with Crippen LogP contribution in [0, 0.1) is 6.92 Å². The summed E-state index contributed by atoms with van der Waals surface area (Å²) in [6.45, 7) is 10.5. The number of amides is 1. The Morgan fingerprint density at radius 3 is 2.43 bits per heavy atom. The van der Waals surface area contributed by atoms with Gasteiger partial charge in [0.25, 0.3) is 5.91 Å². The van der Waals surface area contributed by atoms with Gasteiger partial charge in [-0.05, 0) is 67.6 Å². The van der Waals surface area contributed by atoms with Crippen molar-refractivity contribution in [2.45, 2.75) is 13.5 Å². The highest BCUT2D eigenvalue weighted by molar-refractivity contribution is 6.05. The molecule has 0 spiro atoms. The zero-order chi connectivity index (χ0) is 25.6. The van der Waals surface area contributed by atoms with Gasteiger partial charge >= 0.3 is 0 Å². The molecule has 2 aliphatic rings. The first-order valence-corrected chi connectivity index (χ1v) is 13.2. The summed E-state index contributed by atoms with van der Waals surface area (Å²) in [5, 5.41) is 6.63. The topological polar surface area (TPSA) is 60.1 Å². The predicted molar refractivity (Wildman–Crippen MR) is 151 cm³/mol. The quantitative estimate of drug-likeness (QED) is 0.497. The number of hydrogen-bond donors (Lipinski definition) is 2. The lowest BCUT2D eigenvalue weighted by atomic mass is 10.1. The molecule has 37 heavy (non-hydrogen) atoms. The molecule has 2 heterocycles. The number of hydrogen-bond acceptors (Lipinski definition) is 6. The van der Waals surface area contributed by atoms with Crippen molar-refractivity contribution in [3.05, 3.63) is 83.4 Å². The number of carbonyl (C=O) groups is 1. The van der Waals surface area contributed by atoms with Gasteiger partial charge in [-0.3, -0.25) is 9.69 Å². The van der Waals surface area contributed by atoms with Crippen molar-refractivity contribution in [2.75, 3.05) is 75.1 Å². The molecule has 3 aromatic carbocycles. The first-order valence-electron chi connectivity index (χ1n) is 13.2. The zero-order valence-corrected chi connectivity index (χ0v) is 21.9. The Balaban J connectivity index is 1.25. The molecular formula is C30H37N5O2. The molecule has 2 saturated heterocycles. The van der Waals surface area contributed by atoms with Gasteiger partial charge in [0.15, 0.2) is 0 Å². The van der Waals surface area contributed by atoms with Crippen LogP contribution in [0.15, 0.2) is 66.7 Å². The number of nitrogens with zero attached hydrogens (tertiary/aromatic N) is 3. The van der Waals surface area contributed by atoms with Crippen molar-refractivity contribution in [3.63, 3.8) is 0 Å². The van der Waals surface area contributed by atoms with Gasteiger partial charge in [-0.15, -0.1) is 0 Å². The van der Waals surface area contributed by atoms with E-state index in [0.29, 0.717) is 5.56 Å². The van der Waals surface area contributed by atoms with E-state index in [1.165, 1.54) is 11.3 Å². The van der Waals surface area contributed by atoms with Crippen LogP contribution in [0.25, 0.3) is 0 Å². The second-order valence-electron chi connectivity index (χ2n) is 10.0. The molecule has 0 aromatic heterocycles. The van der Waals surface area contributed by atoms with Gasteiger partial charge in [0.1, 0.15) is 0 Å². The number of ether oxygens (including phenoxy) is 1. The van der Waals surface area contributed by atoms with Gasteiger partial charge in [0.2, 0.25) is 0 Å². The summed E-state index contributed by atoms with van der Waals surface area (Å²) in [6.07, 6.45) is 0. The van der Waals surface area contributed by atoms with Crippen LogP contribution in [-0.2, 0) is 11.3 Å². The Morgan fingerprint density at radius 2 is 1.62 bits per heavy atom. The highest BCUT2D eigenvalue weighted by Gasteiger charge is 2.16. The Bertz CT molecular complexity index is 1220. The largest absolute Gasteiger partial charge is 0.378 e. The molecule has 194 valence electrons. The number of carbonyl (C=O) groups excluding carboxylic acids is 1. The van der Waals surface area contributed by atoms with E-state index in [1.54, 1.807) is 0 Å². The van der Waals surface area contributed by atoms with Crippen LogP contribution in [0.2, 0.25) is 0 Å². The molecule has 0 saturated carbocycles. The fourth-order valence-corrected chi connectivity index (χ4v) is 4.87. The van der Waals surface area contributed by atoms with E-state index in [0.717, 1.165) is 81.7 Å². The lowest BCUT2D eigenvalue weighted by Gasteiger charge is -2.32. The fraction of sp³-hybridized carbons (Fsp3) is 0.367. The highest BCUT2D eigenvalue weighted by Crippen LogP contribution is 2.27. The molecule has 0 radical (unpaired) electrons. The predicted octanol–water partition coefficient (Wildman–Crippen LogP) is 4.57. The fourth-order valence-electron chi connectivity index (χ4n) is 4.87. The molecule has 0 atom stereocenters. The lowest BCUT2D eigenvalue weighted by molar-refractivity contribution is 0.102. The highest BCUT2D eigenvalue weighted by atomic mass is 16.5.